The summed E-state index contributed by atoms with van der Waals surface area (Å²) in [5, 5.41) is 8.65. The minimum atomic E-state index is 0. The van der Waals surface area contributed by atoms with Gasteiger partial charge in [-0.1, -0.05) is 20.8 Å². The lowest BCUT2D eigenvalue weighted by Crippen LogP contribution is -2.47. The summed E-state index contributed by atoms with van der Waals surface area (Å²) >= 11 is 1.79. The van der Waals surface area contributed by atoms with E-state index in [1.807, 2.05) is 4.90 Å². The first-order valence-corrected chi connectivity index (χ1v) is 9.96. The maximum Gasteiger partial charge on any atom is 0.242 e. The van der Waals surface area contributed by atoms with Crippen LogP contribution in [0.3, 0.4) is 0 Å². The molecule has 7 heteroatoms. The fourth-order valence-electron chi connectivity index (χ4n) is 2.88. The van der Waals surface area contributed by atoms with Crippen molar-refractivity contribution in [1.29, 1.82) is 0 Å². The van der Waals surface area contributed by atoms with E-state index < -0.39 is 0 Å². The summed E-state index contributed by atoms with van der Waals surface area (Å²) in [5.74, 6) is 0.824. The van der Waals surface area contributed by atoms with E-state index in [0.717, 1.165) is 32.4 Å². The first-order valence-electron chi connectivity index (χ1n) is 9.08. The smallest absolute Gasteiger partial charge is 0.242 e. The highest BCUT2D eigenvalue weighted by atomic mass is 127. The van der Waals surface area contributed by atoms with Gasteiger partial charge in [-0.15, -0.1) is 35.3 Å². The van der Waals surface area contributed by atoms with Crippen LogP contribution in [-0.2, 0) is 17.8 Å². The highest BCUT2D eigenvalue weighted by Gasteiger charge is 2.21. The number of nitrogens with one attached hydrogen (secondary N) is 2. The average Bonchev–Trinajstić information content (AvgIpc) is 3.03. The van der Waals surface area contributed by atoms with Gasteiger partial charge in [-0.05, 0) is 48.6 Å². The minimum absolute atomic E-state index is 0. The topological polar surface area (TPSA) is 56.7 Å². The Morgan fingerprint density at radius 2 is 2.15 bits per heavy atom. The molecule has 5 nitrogen and oxygen atoms in total. The van der Waals surface area contributed by atoms with Crippen LogP contribution >= 0.6 is 35.3 Å². The van der Waals surface area contributed by atoms with Crippen LogP contribution in [0.2, 0.25) is 0 Å². The Kier molecular flexibility index (Phi) is 9.36. The van der Waals surface area contributed by atoms with Gasteiger partial charge in [0, 0.05) is 31.1 Å². The van der Waals surface area contributed by atoms with Crippen molar-refractivity contribution in [2.75, 3.05) is 20.1 Å². The summed E-state index contributed by atoms with van der Waals surface area (Å²) in [7, 11) is 1.74. The SMILES string of the molecule is CN=C(NCC(=O)N1CCc2sccc2C1)NC(C)CCC(C)(C)C.I. The van der Waals surface area contributed by atoms with Crippen molar-refractivity contribution in [3.8, 4) is 0 Å². The number of amides is 1. The third-order valence-electron chi connectivity index (χ3n) is 4.50. The number of hydrogen-bond donors (Lipinski definition) is 2. The van der Waals surface area contributed by atoms with Crippen LogP contribution in [0.4, 0.5) is 0 Å². The summed E-state index contributed by atoms with van der Waals surface area (Å²) in [6.45, 7) is 10.7. The predicted molar refractivity (Wildman–Crippen MR) is 122 cm³/mol. The Morgan fingerprint density at radius 1 is 1.42 bits per heavy atom. The number of rotatable bonds is 5. The molecule has 0 fully saturated rings. The van der Waals surface area contributed by atoms with E-state index in [1.165, 1.54) is 10.4 Å². The highest BCUT2D eigenvalue weighted by Crippen LogP contribution is 2.24. The van der Waals surface area contributed by atoms with E-state index in [1.54, 1.807) is 18.4 Å². The van der Waals surface area contributed by atoms with Crippen LogP contribution < -0.4 is 10.6 Å². The minimum Gasteiger partial charge on any atom is -0.354 e. The number of carbonyl (C=O) groups excluding carboxylic acids is 1. The molecule has 148 valence electrons. The quantitative estimate of drug-likeness (QED) is 0.375. The monoisotopic (exact) mass is 492 g/mol. The number of aliphatic imine (C=N–C) groups is 1. The lowest BCUT2D eigenvalue weighted by Gasteiger charge is -2.28. The number of nitrogens with zero attached hydrogens (tertiary/aromatic N) is 2. The Morgan fingerprint density at radius 3 is 2.81 bits per heavy atom. The van der Waals surface area contributed by atoms with Gasteiger partial charge in [-0.2, -0.15) is 0 Å². The van der Waals surface area contributed by atoms with Crippen LogP contribution in [0.5, 0.6) is 0 Å². The number of fused-ring (bicyclic) bond motifs is 1. The molecule has 1 unspecified atom stereocenters. The molecule has 0 bridgehead atoms. The Hall–Kier alpha value is -0.830. The summed E-state index contributed by atoms with van der Waals surface area (Å²) < 4.78 is 0. The highest BCUT2D eigenvalue weighted by molar-refractivity contribution is 14.0. The van der Waals surface area contributed by atoms with E-state index in [-0.39, 0.29) is 36.4 Å². The van der Waals surface area contributed by atoms with Crippen molar-refractivity contribution in [1.82, 2.24) is 15.5 Å². The summed E-state index contributed by atoms with van der Waals surface area (Å²) in [6.07, 6.45) is 3.19. The van der Waals surface area contributed by atoms with E-state index in [2.05, 4.69) is 54.8 Å². The van der Waals surface area contributed by atoms with Gasteiger partial charge in [0.1, 0.15) is 0 Å². The standard InChI is InChI=1S/C19H32N4OS.HI/c1-14(6-9-19(2,3)4)22-18(20-5)21-12-17(24)23-10-7-16-15(13-23)8-11-25-16;/h8,11,14H,6-7,9-10,12-13H2,1-5H3,(H2,20,21,22);1H. The third kappa shape index (κ3) is 7.42. The zero-order valence-electron chi connectivity index (χ0n) is 16.6. The maximum absolute atomic E-state index is 12.5. The van der Waals surface area contributed by atoms with Gasteiger partial charge in [-0.3, -0.25) is 9.79 Å². The van der Waals surface area contributed by atoms with Crippen LogP contribution in [0, 0.1) is 5.41 Å². The molecule has 0 aliphatic carbocycles. The van der Waals surface area contributed by atoms with E-state index in [9.17, 15) is 4.79 Å². The zero-order chi connectivity index (χ0) is 18.4. The molecular weight excluding hydrogens is 459 g/mol. The van der Waals surface area contributed by atoms with Gasteiger partial charge in [0.25, 0.3) is 0 Å². The first kappa shape index (κ1) is 23.2. The number of guanidine groups is 1. The Balaban J connectivity index is 0.00000338. The normalized spacial score (nSPS) is 15.7. The van der Waals surface area contributed by atoms with E-state index >= 15 is 0 Å². The molecule has 1 aromatic heterocycles. The van der Waals surface area contributed by atoms with Crippen LogP contribution in [0.1, 0.15) is 51.0 Å². The molecule has 26 heavy (non-hydrogen) atoms. The fourth-order valence-corrected chi connectivity index (χ4v) is 3.77. The van der Waals surface area contributed by atoms with Gasteiger partial charge < -0.3 is 15.5 Å². The van der Waals surface area contributed by atoms with Gasteiger partial charge in [0.15, 0.2) is 5.96 Å². The van der Waals surface area contributed by atoms with Crippen molar-refractivity contribution in [3.05, 3.63) is 21.9 Å². The number of thiophene rings is 1. The molecule has 0 saturated carbocycles. The van der Waals surface area contributed by atoms with Gasteiger partial charge >= 0.3 is 0 Å². The molecule has 0 aromatic carbocycles. The predicted octanol–water partition coefficient (Wildman–Crippen LogP) is 3.63. The molecule has 2 N–H and O–H groups in total. The van der Waals surface area contributed by atoms with Crippen molar-refractivity contribution < 1.29 is 4.79 Å². The number of hydrogen-bond acceptors (Lipinski definition) is 3. The zero-order valence-corrected chi connectivity index (χ0v) is 19.7. The maximum atomic E-state index is 12.5. The number of carbonyl (C=O) groups is 1. The Labute approximate surface area is 179 Å². The third-order valence-corrected chi connectivity index (χ3v) is 5.52. The van der Waals surface area contributed by atoms with Crippen LogP contribution in [-0.4, -0.2) is 42.9 Å². The molecule has 1 aliphatic rings. The second kappa shape index (κ2) is 10.5. The van der Waals surface area contributed by atoms with Crippen LogP contribution in [0.25, 0.3) is 0 Å². The molecule has 0 spiro atoms. The molecular formula is C19H33IN4OS. The summed E-state index contributed by atoms with van der Waals surface area (Å²) in [6, 6.07) is 2.45. The fraction of sp³-hybridized carbons (Fsp3) is 0.684. The number of halogens is 1. The van der Waals surface area contributed by atoms with Crippen molar-refractivity contribution in [3.63, 3.8) is 0 Å². The molecule has 0 saturated heterocycles. The lowest BCUT2D eigenvalue weighted by atomic mass is 9.89. The second-order valence-electron chi connectivity index (χ2n) is 8.00. The molecule has 2 rings (SSSR count). The van der Waals surface area contributed by atoms with E-state index in [0.29, 0.717) is 17.4 Å². The molecule has 0 radical (unpaired) electrons. The molecule has 2 heterocycles. The molecule has 1 amide bonds. The average molecular weight is 492 g/mol. The van der Waals surface area contributed by atoms with E-state index in [4.69, 9.17) is 0 Å². The van der Waals surface area contributed by atoms with Gasteiger partial charge in [0.2, 0.25) is 5.91 Å². The summed E-state index contributed by atoms with van der Waals surface area (Å²) in [4.78, 5) is 20.1. The molecule has 1 atom stereocenters. The molecule has 1 aromatic rings. The van der Waals surface area contributed by atoms with Gasteiger partial charge in [0.05, 0.1) is 6.54 Å². The lowest BCUT2D eigenvalue weighted by molar-refractivity contribution is -0.130. The van der Waals surface area contributed by atoms with Crippen molar-refractivity contribution in [2.45, 2.75) is 59.5 Å². The van der Waals surface area contributed by atoms with Crippen LogP contribution in [0.15, 0.2) is 16.4 Å². The summed E-state index contributed by atoms with van der Waals surface area (Å²) in [5.41, 5.74) is 1.63. The molecule has 1 aliphatic heterocycles. The largest absolute Gasteiger partial charge is 0.354 e. The first-order chi connectivity index (χ1) is 11.8. The van der Waals surface area contributed by atoms with Crippen molar-refractivity contribution in [2.24, 2.45) is 10.4 Å². The Bertz CT molecular complexity index is 609. The second-order valence-corrected chi connectivity index (χ2v) is 9.01. The van der Waals surface area contributed by atoms with Gasteiger partial charge in [-0.25, -0.2) is 0 Å². The van der Waals surface area contributed by atoms with Crippen molar-refractivity contribution >= 4 is 47.2 Å².